The van der Waals surface area contributed by atoms with Crippen molar-refractivity contribution in [2.75, 3.05) is 0 Å². The van der Waals surface area contributed by atoms with Gasteiger partial charge in [0.15, 0.2) is 0 Å². The van der Waals surface area contributed by atoms with Crippen LogP contribution in [0.2, 0.25) is 0 Å². The molecule has 1 aliphatic carbocycles. The first-order valence-corrected chi connectivity index (χ1v) is 7.55. The Bertz CT molecular complexity index is 530. The molecule has 1 aromatic carbocycles. The summed E-state index contributed by atoms with van der Waals surface area (Å²) in [5.41, 5.74) is 0.998. The molecular weight excluding hydrogens is 281 g/mol. The van der Waals surface area contributed by atoms with Gasteiger partial charge in [-0.2, -0.15) is 0 Å². The number of carboxylic acid groups (broad SMARTS) is 1. The van der Waals surface area contributed by atoms with E-state index in [-0.39, 0.29) is 6.42 Å². The van der Waals surface area contributed by atoms with Crippen LogP contribution < -0.4 is 4.72 Å². The average molecular weight is 299 g/mol. The zero-order valence-electron chi connectivity index (χ0n) is 11.6. The molecule has 0 amide bonds. The van der Waals surface area contributed by atoms with Gasteiger partial charge in [0.2, 0.25) is 0 Å². The fourth-order valence-corrected chi connectivity index (χ4v) is 3.19. The summed E-state index contributed by atoms with van der Waals surface area (Å²) in [6, 6.07) is 3.83. The molecule has 0 unspecified atom stereocenters. The fraction of sp³-hybridized carbons (Fsp3) is 0.500. The molecule has 1 aromatic rings. The highest BCUT2D eigenvalue weighted by molar-refractivity contribution is 7.90. The largest absolute Gasteiger partial charge is 0.598 e. The van der Waals surface area contributed by atoms with E-state index in [4.69, 9.17) is 0 Å². The number of hydrogen-bond donors (Lipinski definition) is 2. The molecule has 0 fully saturated rings. The van der Waals surface area contributed by atoms with Gasteiger partial charge in [-0.3, -0.25) is 4.79 Å². The zero-order valence-corrected chi connectivity index (χ0v) is 12.5. The Morgan fingerprint density at radius 3 is 2.70 bits per heavy atom. The maximum Gasteiger partial charge on any atom is 0.308 e. The Morgan fingerprint density at radius 2 is 2.15 bits per heavy atom. The van der Waals surface area contributed by atoms with Crippen molar-refractivity contribution in [1.82, 2.24) is 4.72 Å². The standard InChI is InChI=1S/C14H18FNO3S/c1-14(2,3)20(19)16-12-9(13(17)18)7-8-5-4-6-10(15)11(8)12/h4-6,9,12,16H,7H2,1-3H3,(H,17,18)/t9-,12+,20+/m1/s1. The lowest BCUT2D eigenvalue weighted by molar-refractivity contribution is -0.142. The van der Waals surface area contributed by atoms with Crippen molar-refractivity contribution < 1.29 is 18.8 Å². The summed E-state index contributed by atoms with van der Waals surface area (Å²) in [5, 5.41) is 9.30. The maximum absolute atomic E-state index is 14.0. The molecular formula is C14H18FNO3S. The van der Waals surface area contributed by atoms with Crippen molar-refractivity contribution in [1.29, 1.82) is 0 Å². The van der Waals surface area contributed by atoms with Crippen molar-refractivity contribution in [3.63, 3.8) is 0 Å². The smallest absolute Gasteiger partial charge is 0.308 e. The van der Waals surface area contributed by atoms with E-state index in [1.807, 2.05) is 0 Å². The third kappa shape index (κ3) is 2.82. The van der Waals surface area contributed by atoms with E-state index in [0.717, 1.165) is 0 Å². The summed E-state index contributed by atoms with van der Waals surface area (Å²) in [6.45, 7) is 5.34. The second-order valence-electron chi connectivity index (χ2n) is 5.94. The van der Waals surface area contributed by atoms with Crippen molar-refractivity contribution >= 4 is 17.3 Å². The summed E-state index contributed by atoms with van der Waals surface area (Å²) in [5.74, 6) is -2.26. The first-order chi connectivity index (χ1) is 9.21. The second-order valence-corrected chi connectivity index (χ2v) is 7.94. The van der Waals surface area contributed by atoms with Gasteiger partial charge in [-0.15, -0.1) is 4.72 Å². The van der Waals surface area contributed by atoms with E-state index in [2.05, 4.69) is 4.72 Å². The monoisotopic (exact) mass is 299 g/mol. The normalized spacial score (nSPS) is 23.4. The quantitative estimate of drug-likeness (QED) is 0.839. The van der Waals surface area contributed by atoms with Gasteiger partial charge in [0.25, 0.3) is 0 Å². The molecule has 0 spiro atoms. The van der Waals surface area contributed by atoms with Crippen LogP contribution in [0.4, 0.5) is 4.39 Å². The molecule has 4 nitrogen and oxygen atoms in total. The Kier molecular flexibility index (Phi) is 4.09. The van der Waals surface area contributed by atoms with Crippen LogP contribution in [-0.2, 0) is 22.6 Å². The number of carboxylic acids is 1. The van der Waals surface area contributed by atoms with Crippen LogP contribution in [0, 0.1) is 11.7 Å². The number of hydrogen-bond acceptors (Lipinski definition) is 3. The highest BCUT2D eigenvalue weighted by Crippen LogP contribution is 2.39. The van der Waals surface area contributed by atoms with E-state index < -0.39 is 39.9 Å². The maximum atomic E-state index is 14.0. The number of rotatable bonds is 3. The predicted octanol–water partition coefficient (Wildman–Crippen LogP) is 2.18. The van der Waals surface area contributed by atoms with Crippen molar-refractivity contribution in [2.45, 2.75) is 38.0 Å². The Labute approximate surface area is 120 Å². The number of fused-ring (bicyclic) bond motifs is 1. The average Bonchev–Trinajstić information content (AvgIpc) is 2.68. The van der Waals surface area contributed by atoms with Crippen LogP contribution in [-0.4, -0.2) is 20.4 Å². The third-order valence-corrected chi connectivity index (χ3v) is 4.98. The summed E-state index contributed by atoms with van der Waals surface area (Å²) in [4.78, 5) is 11.4. The number of aliphatic carboxylic acids is 1. The molecule has 1 aliphatic rings. The Morgan fingerprint density at radius 1 is 1.50 bits per heavy atom. The molecule has 2 rings (SSSR count). The van der Waals surface area contributed by atoms with Gasteiger partial charge in [0.1, 0.15) is 10.6 Å². The molecule has 110 valence electrons. The van der Waals surface area contributed by atoms with Gasteiger partial charge in [0.05, 0.1) is 12.0 Å². The SMILES string of the molecule is CC(C)(C)[S@+]([O-])N[C@@H]1c2c(F)cccc2C[C@H]1C(=O)O. The van der Waals surface area contributed by atoms with Gasteiger partial charge in [-0.05, 0) is 38.8 Å². The fourth-order valence-electron chi connectivity index (χ4n) is 2.33. The lowest BCUT2D eigenvalue weighted by atomic mass is 10.0. The first kappa shape index (κ1) is 15.3. The van der Waals surface area contributed by atoms with E-state index in [1.165, 1.54) is 6.07 Å². The van der Waals surface area contributed by atoms with Gasteiger partial charge < -0.3 is 9.66 Å². The van der Waals surface area contributed by atoms with E-state index in [0.29, 0.717) is 11.1 Å². The first-order valence-electron chi connectivity index (χ1n) is 6.40. The number of nitrogens with one attached hydrogen (secondary N) is 1. The van der Waals surface area contributed by atoms with Crippen LogP contribution in [0.25, 0.3) is 0 Å². The van der Waals surface area contributed by atoms with Crippen LogP contribution in [0.15, 0.2) is 18.2 Å². The number of halogens is 1. The predicted molar refractivity (Wildman–Crippen MR) is 75.0 cm³/mol. The highest BCUT2D eigenvalue weighted by Gasteiger charge is 2.43. The number of carbonyl (C=O) groups is 1. The molecule has 20 heavy (non-hydrogen) atoms. The molecule has 0 heterocycles. The topological polar surface area (TPSA) is 72.4 Å². The lowest BCUT2D eigenvalue weighted by Gasteiger charge is -2.28. The number of benzene rings is 1. The van der Waals surface area contributed by atoms with E-state index in [1.54, 1.807) is 32.9 Å². The summed E-state index contributed by atoms with van der Waals surface area (Å²) < 4.78 is 28.4. The van der Waals surface area contributed by atoms with Gasteiger partial charge >= 0.3 is 5.97 Å². The van der Waals surface area contributed by atoms with Crippen LogP contribution >= 0.6 is 0 Å². The van der Waals surface area contributed by atoms with Crippen molar-refractivity contribution in [3.05, 3.63) is 35.1 Å². The molecule has 0 saturated heterocycles. The third-order valence-electron chi connectivity index (χ3n) is 3.40. The van der Waals surface area contributed by atoms with E-state index in [9.17, 15) is 18.8 Å². The molecule has 0 radical (unpaired) electrons. The van der Waals surface area contributed by atoms with Crippen molar-refractivity contribution in [3.8, 4) is 0 Å². The summed E-state index contributed by atoms with van der Waals surface area (Å²) in [7, 11) is 0. The molecule has 0 bridgehead atoms. The van der Waals surface area contributed by atoms with Gasteiger partial charge in [-0.25, -0.2) is 4.39 Å². The summed E-state index contributed by atoms with van der Waals surface area (Å²) in [6.07, 6.45) is 0.251. The molecule has 6 heteroatoms. The van der Waals surface area contributed by atoms with Crippen molar-refractivity contribution in [2.24, 2.45) is 5.92 Å². The Hall–Kier alpha value is -1.11. The second kappa shape index (κ2) is 5.35. The molecule has 2 N–H and O–H groups in total. The van der Waals surface area contributed by atoms with Crippen LogP contribution in [0.5, 0.6) is 0 Å². The zero-order chi connectivity index (χ0) is 15.1. The minimum absolute atomic E-state index is 0.251. The minimum Gasteiger partial charge on any atom is -0.598 e. The summed E-state index contributed by atoms with van der Waals surface area (Å²) >= 11 is -1.46. The molecule has 0 aliphatic heterocycles. The molecule has 0 aromatic heterocycles. The van der Waals surface area contributed by atoms with Crippen LogP contribution in [0.3, 0.4) is 0 Å². The van der Waals surface area contributed by atoms with Crippen LogP contribution in [0.1, 0.15) is 37.9 Å². The molecule has 3 atom stereocenters. The lowest BCUT2D eigenvalue weighted by Crippen LogP contribution is -2.43. The minimum atomic E-state index is -1.46. The molecule has 0 saturated carbocycles. The van der Waals surface area contributed by atoms with E-state index >= 15 is 0 Å². The van der Waals surface area contributed by atoms with Gasteiger partial charge in [0, 0.05) is 16.9 Å². The van der Waals surface area contributed by atoms with Gasteiger partial charge in [-0.1, -0.05) is 12.1 Å². The Balaban J connectivity index is 2.35. The highest BCUT2D eigenvalue weighted by atomic mass is 32.2.